The minimum atomic E-state index is -1.08. The zero-order valence-electron chi connectivity index (χ0n) is 20.3. The van der Waals surface area contributed by atoms with E-state index in [9.17, 15) is 14.7 Å². The highest BCUT2D eigenvalue weighted by Gasteiger charge is 2.46. The number of ketones is 1. The van der Waals surface area contributed by atoms with Crippen molar-refractivity contribution in [3.63, 3.8) is 0 Å². The van der Waals surface area contributed by atoms with Crippen molar-refractivity contribution < 1.29 is 28.6 Å². The zero-order chi connectivity index (χ0) is 26.1. The zero-order valence-corrected chi connectivity index (χ0v) is 20.3. The molecule has 4 aromatic rings. The van der Waals surface area contributed by atoms with Crippen LogP contribution in [0.3, 0.4) is 0 Å². The van der Waals surface area contributed by atoms with Crippen LogP contribution in [0.5, 0.6) is 11.5 Å². The van der Waals surface area contributed by atoms with E-state index in [2.05, 4.69) is 4.98 Å². The lowest BCUT2D eigenvalue weighted by molar-refractivity contribution is -0.139. The number of hydrogen-bond donors (Lipinski definition) is 2. The Morgan fingerprint density at radius 2 is 1.70 bits per heavy atom. The Labute approximate surface area is 212 Å². The van der Waals surface area contributed by atoms with Gasteiger partial charge in [0.15, 0.2) is 0 Å². The van der Waals surface area contributed by atoms with E-state index in [1.807, 2.05) is 24.4 Å². The van der Waals surface area contributed by atoms with Gasteiger partial charge in [0.05, 0.1) is 25.8 Å². The monoisotopic (exact) mass is 500 g/mol. The van der Waals surface area contributed by atoms with Crippen LogP contribution in [0.25, 0.3) is 16.7 Å². The number of H-pyrrole nitrogens is 1. The van der Waals surface area contributed by atoms with Crippen LogP contribution in [0, 0.1) is 5.82 Å². The molecule has 2 heterocycles. The molecule has 1 atom stereocenters. The number of rotatable bonds is 7. The van der Waals surface area contributed by atoms with Gasteiger partial charge in [0, 0.05) is 34.8 Å². The molecule has 0 radical (unpaired) electrons. The average Bonchev–Trinajstić information content (AvgIpc) is 3.44. The van der Waals surface area contributed by atoms with E-state index in [0.717, 1.165) is 16.5 Å². The molecule has 0 aliphatic carbocycles. The van der Waals surface area contributed by atoms with Crippen molar-refractivity contribution in [1.82, 2.24) is 9.88 Å². The van der Waals surface area contributed by atoms with Gasteiger partial charge >= 0.3 is 0 Å². The summed E-state index contributed by atoms with van der Waals surface area (Å²) < 4.78 is 25.5. The van der Waals surface area contributed by atoms with Crippen LogP contribution in [0.2, 0.25) is 0 Å². The number of aromatic nitrogens is 1. The second-order valence-corrected chi connectivity index (χ2v) is 8.72. The van der Waals surface area contributed by atoms with Crippen LogP contribution in [0.4, 0.5) is 4.39 Å². The van der Waals surface area contributed by atoms with E-state index in [1.54, 1.807) is 37.4 Å². The van der Waals surface area contributed by atoms with Gasteiger partial charge in [-0.05, 0) is 60.5 Å². The third-order valence-corrected chi connectivity index (χ3v) is 6.70. The Bertz CT molecular complexity index is 1520. The molecule has 1 fully saturated rings. The molecule has 1 amide bonds. The standard InChI is InChI=1S/C29H25FN2O5/c1-36-19-9-7-17(8-10-19)27(33)25-26(21-5-3-4-6-23(21)30)32(29(35)28(25)34)14-13-18-16-31-24-12-11-20(37-2)15-22(18)24/h3-12,15-16,26,31,33H,13-14H2,1-2H3/t26-/m0/s1. The number of aromatic amines is 1. The Balaban J connectivity index is 1.56. The summed E-state index contributed by atoms with van der Waals surface area (Å²) in [4.78, 5) is 31.0. The number of aliphatic hydroxyl groups is 1. The Morgan fingerprint density at radius 3 is 2.41 bits per heavy atom. The summed E-state index contributed by atoms with van der Waals surface area (Å²) in [5.41, 5.74) is 2.13. The largest absolute Gasteiger partial charge is 0.507 e. The van der Waals surface area contributed by atoms with Crippen LogP contribution in [-0.2, 0) is 16.0 Å². The summed E-state index contributed by atoms with van der Waals surface area (Å²) in [7, 11) is 3.10. The number of ether oxygens (including phenoxy) is 2. The van der Waals surface area contributed by atoms with Crippen molar-refractivity contribution in [2.75, 3.05) is 20.8 Å². The van der Waals surface area contributed by atoms with Crippen molar-refractivity contribution in [2.45, 2.75) is 12.5 Å². The van der Waals surface area contributed by atoms with E-state index in [1.165, 1.54) is 30.2 Å². The van der Waals surface area contributed by atoms with Crippen molar-refractivity contribution in [1.29, 1.82) is 0 Å². The van der Waals surface area contributed by atoms with E-state index >= 15 is 4.39 Å². The maximum absolute atomic E-state index is 15.0. The summed E-state index contributed by atoms with van der Waals surface area (Å²) in [5, 5.41) is 12.1. The predicted octanol–water partition coefficient (Wildman–Crippen LogP) is 4.99. The number of likely N-dealkylation sites (tertiary alicyclic amines) is 1. The molecule has 5 rings (SSSR count). The lowest BCUT2D eigenvalue weighted by atomic mass is 9.94. The van der Waals surface area contributed by atoms with Crippen LogP contribution in [0.1, 0.15) is 22.7 Å². The SMILES string of the molecule is COc1ccc(C(O)=C2C(=O)C(=O)N(CCc3c[nH]c4ccc(OC)cc34)[C@H]2c2ccccc2F)cc1. The predicted molar refractivity (Wildman–Crippen MR) is 137 cm³/mol. The van der Waals surface area contributed by atoms with Gasteiger partial charge in [0.1, 0.15) is 23.1 Å². The van der Waals surface area contributed by atoms with Gasteiger partial charge in [-0.2, -0.15) is 0 Å². The lowest BCUT2D eigenvalue weighted by Crippen LogP contribution is -2.32. The average molecular weight is 501 g/mol. The first-order valence-electron chi connectivity index (χ1n) is 11.7. The van der Waals surface area contributed by atoms with E-state index in [4.69, 9.17) is 9.47 Å². The fourth-order valence-corrected chi connectivity index (χ4v) is 4.77. The van der Waals surface area contributed by atoms with Crippen LogP contribution in [-0.4, -0.2) is 47.4 Å². The van der Waals surface area contributed by atoms with E-state index in [-0.39, 0.29) is 23.4 Å². The number of methoxy groups -OCH3 is 2. The minimum Gasteiger partial charge on any atom is -0.507 e. The second-order valence-electron chi connectivity index (χ2n) is 8.72. The van der Waals surface area contributed by atoms with Gasteiger partial charge in [0.25, 0.3) is 11.7 Å². The van der Waals surface area contributed by atoms with Gasteiger partial charge in [0.2, 0.25) is 0 Å². The molecule has 8 heteroatoms. The van der Waals surface area contributed by atoms with Crippen molar-refractivity contribution in [3.8, 4) is 11.5 Å². The van der Waals surface area contributed by atoms with E-state index in [0.29, 0.717) is 23.5 Å². The number of nitrogens with zero attached hydrogens (tertiary/aromatic N) is 1. The number of aliphatic hydroxyl groups excluding tert-OH is 1. The van der Waals surface area contributed by atoms with Gasteiger partial charge < -0.3 is 24.5 Å². The molecule has 0 spiro atoms. The first kappa shape index (κ1) is 24.1. The maximum atomic E-state index is 15.0. The topological polar surface area (TPSA) is 91.9 Å². The first-order chi connectivity index (χ1) is 17.9. The lowest BCUT2D eigenvalue weighted by Gasteiger charge is -2.25. The molecular weight excluding hydrogens is 475 g/mol. The normalized spacial score (nSPS) is 16.9. The molecule has 1 aromatic heterocycles. The third-order valence-electron chi connectivity index (χ3n) is 6.70. The second kappa shape index (κ2) is 9.81. The third kappa shape index (κ3) is 4.31. The van der Waals surface area contributed by atoms with Gasteiger partial charge in [-0.15, -0.1) is 0 Å². The maximum Gasteiger partial charge on any atom is 0.295 e. The van der Waals surface area contributed by atoms with Crippen LogP contribution < -0.4 is 9.47 Å². The summed E-state index contributed by atoms with van der Waals surface area (Å²) >= 11 is 0. The minimum absolute atomic E-state index is 0.132. The molecular formula is C29H25FN2O5. The molecule has 0 bridgehead atoms. The Morgan fingerprint density at radius 1 is 1.00 bits per heavy atom. The highest BCUT2D eigenvalue weighted by atomic mass is 19.1. The van der Waals surface area contributed by atoms with Gasteiger partial charge in [-0.25, -0.2) is 4.39 Å². The van der Waals surface area contributed by atoms with Crippen molar-refractivity contribution >= 4 is 28.4 Å². The van der Waals surface area contributed by atoms with Crippen LogP contribution in [0.15, 0.2) is 78.5 Å². The number of hydrogen-bond acceptors (Lipinski definition) is 5. The fourth-order valence-electron chi connectivity index (χ4n) is 4.77. The molecule has 188 valence electrons. The molecule has 7 nitrogen and oxygen atoms in total. The van der Waals surface area contributed by atoms with E-state index < -0.39 is 23.5 Å². The number of halogens is 1. The summed E-state index contributed by atoms with van der Waals surface area (Å²) in [6.07, 6.45) is 2.24. The molecule has 0 unspecified atom stereocenters. The highest BCUT2D eigenvalue weighted by molar-refractivity contribution is 6.46. The number of amides is 1. The number of fused-ring (bicyclic) bond motifs is 1. The first-order valence-corrected chi connectivity index (χ1v) is 11.7. The Kier molecular flexibility index (Phi) is 6.40. The number of carbonyl (C=O) groups excluding carboxylic acids is 2. The number of Topliss-reactive ketones (excluding diaryl/α,β-unsaturated/α-hetero) is 1. The summed E-state index contributed by atoms with van der Waals surface area (Å²) in [6, 6.07) is 17.0. The Hall–Kier alpha value is -4.59. The molecule has 2 N–H and O–H groups in total. The smallest absolute Gasteiger partial charge is 0.295 e. The molecule has 3 aromatic carbocycles. The highest BCUT2D eigenvalue weighted by Crippen LogP contribution is 2.40. The molecule has 37 heavy (non-hydrogen) atoms. The van der Waals surface area contributed by atoms with Crippen molar-refractivity contribution in [3.05, 3.63) is 101 Å². The molecule has 1 saturated heterocycles. The molecule has 1 aliphatic rings. The van der Waals surface area contributed by atoms with Crippen LogP contribution >= 0.6 is 0 Å². The number of nitrogens with one attached hydrogen (secondary N) is 1. The summed E-state index contributed by atoms with van der Waals surface area (Å²) in [6.45, 7) is 0.132. The molecule has 0 saturated carbocycles. The van der Waals surface area contributed by atoms with Gasteiger partial charge in [-0.3, -0.25) is 9.59 Å². The number of carbonyl (C=O) groups is 2. The van der Waals surface area contributed by atoms with Crippen molar-refractivity contribution in [2.24, 2.45) is 0 Å². The van der Waals surface area contributed by atoms with Gasteiger partial charge in [-0.1, -0.05) is 18.2 Å². The molecule has 1 aliphatic heterocycles. The number of benzene rings is 3. The fraction of sp³-hybridized carbons (Fsp3) is 0.172. The summed E-state index contributed by atoms with van der Waals surface area (Å²) in [5.74, 6) is -1.33. The quantitative estimate of drug-likeness (QED) is 0.212.